The second-order valence-electron chi connectivity index (χ2n) is 6.96. The second-order valence-corrected chi connectivity index (χ2v) is 6.96. The molecule has 20 heavy (non-hydrogen) atoms. The van der Waals surface area contributed by atoms with E-state index in [-0.39, 0.29) is 6.04 Å². The smallest absolute Gasteiger partial charge is 0.122 e. The third kappa shape index (κ3) is 3.44. The van der Waals surface area contributed by atoms with Gasteiger partial charge in [-0.2, -0.15) is 0 Å². The van der Waals surface area contributed by atoms with E-state index in [1.54, 1.807) is 0 Å². The van der Waals surface area contributed by atoms with Gasteiger partial charge < -0.3 is 10.2 Å². The third-order valence-electron chi connectivity index (χ3n) is 4.67. The maximum atomic E-state index is 6.09. The molecule has 0 saturated heterocycles. The maximum Gasteiger partial charge on any atom is 0.122 e. The number of rotatable bonds is 7. The molecule has 3 nitrogen and oxygen atoms in total. The van der Waals surface area contributed by atoms with Crippen molar-refractivity contribution in [1.29, 1.82) is 0 Å². The average Bonchev–Trinajstić information content (AvgIpc) is 2.91. The molecule has 4 atom stereocenters. The number of nitrogens with two attached hydrogens (primary N) is 1. The number of hydrogen-bond donors (Lipinski definition) is 1. The number of furan rings is 1. The third-order valence-corrected chi connectivity index (χ3v) is 4.67. The molecule has 3 heteroatoms. The quantitative estimate of drug-likeness (QED) is 0.825. The van der Waals surface area contributed by atoms with Crippen molar-refractivity contribution in [1.82, 2.24) is 4.90 Å². The summed E-state index contributed by atoms with van der Waals surface area (Å²) in [7, 11) is 2.16. The van der Waals surface area contributed by atoms with Crippen molar-refractivity contribution in [2.24, 2.45) is 17.6 Å². The summed E-state index contributed by atoms with van der Waals surface area (Å²) in [6.45, 7) is 9.69. The zero-order valence-corrected chi connectivity index (χ0v) is 13.6. The van der Waals surface area contributed by atoms with Crippen LogP contribution in [-0.2, 0) is 0 Å². The van der Waals surface area contributed by atoms with Crippen LogP contribution < -0.4 is 5.73 Å². The lowest BCUT2D eigenvalue weighted by atomic mass is 10.0. The van der Waals surface area contributed by atoms with Crippen molar-refractivity contribution in [2.75, 3.05) is 13.6 Å². The highest BCUT2D eigenvalue weighted by molar-refractivity contribution is 5.19. The molecule has 1 aromatic heterocycles. The Bertz CT molecular complexity index is 426. The monoisotopic (exact) mass is 278 g/mol. The number of likely N-dealkylation sites (N-methyl/N-ethyl adjacent to an activating group) is 1. The Kier molecular flexibility index (Phi) is 4.92. The standard InChI is InChI=1S/C17H30N2O/c1-11(2)8-13(4)19(5)15(10-18)17-7-6-16(20-17)14-9-12(14)3/h6-7,11-15H,8-10,18H2,1-5H3. The van der Waals surface area contributed by atoms with E-state index < -0.39 is 0 Å². The van der Waals surface area contributed by atoms with Crippen LogP contribution in [0.5, 0.6) is 0 Å². The lowest BCUT2D eigenvalue weighted by Gasteiger charge is -2.32. The first-order valence-corrected chi connectivity index (χ1v) is 7.95. The summed E-state index contributed by atoms with van der Waals surface area (Å²) < 4.78 is 6.09. The molecule has 1 aliphatic rings. The van der Waals surface area contributed by atoms with E-state index in [9.17, 15) is 0 Å². The van der Waals surface area contributed by atoms with Crippen molar-refractivity contribution in [3.05, 3.63) is 23.7 Å². The Balaban J connectivity index is 2.05. The fourth-order valence-corrected chi connectivity index (χ4v) is 3.10. The van der Waals surface area contributed by atoms with Crippen LogP contribution in [0.4, 0.5) is 0 Å². The van der Waals surface area contributed by atoms with Crippen LogP contribution in [0.2, 0.25) is 0 Å². The van der Waals surface area contributed by atoms with Gasteiger partial charge in [0.1, 0.15) is 11.5 Å². The summed E-state index contributed by atoms with van der Waals surface area (Å²) in [6.07, 6.45) is 2.44. The van der Waals surface area contributed by atoms with Crippen molar-refractivity contribution in [2.45, 2.75) is 58.5 Å². The van der Waals surface area contributed by atoms with Gasteiger partial charge in [-0.25, -0.2) is 0 Å². The first-order valence-electron chi connectivity index (χ1n) is 7.95. The van der Waals surface area contributed by atoms with Crippen LogP contribution >= 0.6 is 0 Å². The van der Waals surface area contributed by atoms with E-state index in [0.29, 0.717) is 24.4 Å². The molecule has 0 aliphatic heterocycles. The molecule has 1 aromatic rings. The second kappa shape index (κ2) is 6.31. The summed E-state index contributed by atoms with van der Waals surface area (Å²) in [4.78, 5) is 2.36. The lowest BCUT2D eigenvalue weighted by Crippen LogP contribution is -2.37. The van der Waals surface area contributed by atoms with Gasteiger partial charge in [-0.3, -0.25) is 4.90 Å². The summed E-state index contributed by atoms with van der Waals surface area (Å²) in [5.41, 5.74) is 6.00. The van der Waals surface area contributed by atoms with Gasteiger partial charge in [-0.05, 0) is 50.8 Å². The first kappa shape index (κ1) is 15.6. The minimum absolute atomic E-state index is 0.187. The fraction of sp³-hybridized carbons (Fsp3) is 0.765. The molecule has 1 fully saturated rings. The van der Waals surface area contributed by atoms with Gasteiger partial charge in [0.2, 0.25) is 0 Å². The highest BCUT2D eigenvalue weighted by Gasteiger charge is 2.37. The van der Waals surface area contributed by atoms with Crippen LogP contribution in [0.1, 0.15) is 64.0 Å². The minimum atomic E-state index is 0.187. The molecular weight excluding hydrogens is 248 g/mol. The van der Waals surface area contributed by atoms with E-state index in [0.717, 1.165) is 17.4 Å². The van der Waals surface area contributed by atoms with Gasteiger partial charge in [0.25, 0.3) is 0 Å². The Hall–Kier alpha value is -0.800. The van der Waals surface area contributed by atoms with Gasteiger partial charge in [0.05, 0.1) is 6.04 Å². The molecule has 0 radical (unpaired) electrons. The molecule has 2 N–H and O–H groups in total. The Labute approximate surface area is 123 Å². The number of nitrogens with zero attached hydrogens (tertiary/aromatic N) is 1. The van der Waals surface area contributed by atoms with Gasteiger partial charge >= 0.3 is 0 Å². The highest BCUT2D eigenvalue weighted by Crippen LogP contribution is 2.47. The Morgan fingerprint density at radius 2 is 2.00 bits per heavy atom. The van der Waals surface area contributed by atoms with Crippen molar-refractivity contribution in [3.63, 3.8) is 0 Å². The van der Waals surface area contributed by atoms with Crippen molar-refractivity contribution in [3.8, 4) is 0 Å². The highest BCUT2D eigenvalue weighted by atomic mass is 16.3. The largest absolute Gasteiger partial charge is 0.464 e. The summed E-state index contributed by atoms with van der Waals surface area (Å²) >= 11 is 0. The maximum absolute atomic E-state index is 6.09. The van der Waals surface area contributed by atoms with Gasteiger partial charge in [-0.15, -0.1) is 0 Å². The fourth-order valence-electron chi connectivity index (χ4n) is 3.10. The van der Waals surface area contributed by atoms with Crippen molar-refractivity contribution >= 4 is 0 Å². The van der Waals surface area contributed by atoms with Crippen LogP contribution in [0, 0.1) is 11.8 Å². The van der Waals surface area contributed by atoms with E-state index in [2.05, 4.69) is 51.8 Å². The molecule has 4 unspecified atom stereocenters. The molecule has 114 valence electrons. The van der Waals surface area contributed by atoms with Crippen LogP contribution in [0.15, 0.2) is 16.5 Å². The zero-order chi connectivity index (χ0) is 14.9. The van der Waals surface area contributed by atoms with E-state index in [4.69, 9.17) is 10.2 Å². The molecule has 1 saturated carbocycles. The lowest BCUT2D eigenvalue weighted by molar-refractivity contribution is 0.150. The van der Waals surface area contributed by atoms with Gasteiger partial charge in [0, 0.05) is 18.5 Å². The summed E-state index contributed by atoms with van der Waals surface area (Å²) in [6, 6.07) is 4.97. The first-order chi connectivity index (χ1) is 9.43. The molecule has 2 rings (SSSR count). The molecule has 1 heterocycles. The molecular formula is C17H30N2O. The van der Waals surface area contributed by atoms with E-state index in [1.165, 1.54) is 12.8 Å². The van der Waals surface area contributed by atoms with E-state index in [1.807, 2.05) is 0 Å². The van der Waals surface area contributed by atoms with E-state index >= 15 is 0 Å². The van der Waals surface area contributed by atoms with Crippen molar-refractivity contribution < 1.29 is 4.42 Å². The molecule has 0 bridgehead atoms. The number of hydrogen-bond acceptors (Lipinski definition) is 3. The average molecular weight is 278 g/mol. The molecule has 0 spiro atoms. The normalized spacial score (nSPS) is 25.2. The van der Waals surface area contributed by atoms with Crippen LogP contribution in [0.25, 0.3) is 0 Å². The van der Waals surface area contributed by atoms with Gasteiger partial charge in [-0.1, -0.05) is 20.8 Å². The molecule has 0 amide bonds. The summed E-state index contributed by atoms with van der Waals surface area (Å²) in [5.74, 6) is 4.30. The van der Waals surface area contributed by atoms with Crippen LogP contribution in [0.3, 0.4) is 0 Å². The minimum Gasteiger partial charge on any atom is -0.464 e. The zero-order valence-electron chi connectivity index (χ0n) is 13.6. The Morgan fingerprint density at radius 3 is 2.50 bits per heavy atom. The SMILES string of the molecule is CC(C)CC(C)N(C)C(CN)c1ccc(C2CC2C)o1. The molecule has 1 aliphatic carbocycles. The predicted octanol–water partition coefficient (Wildman–Crippen LogP) is 3.77. The summed E-state index contributed by atoms with van der Waals surface area (Å²) in [5, 5.41) is 0. The topological polar surface area (TPSA) is 42.4 Å². The van der Waals surface area contributed by atoms with Gasteiger partial charge in [0.15, 0.2) is 0 Å². The van der Waals surface area contributed by atoms with Crippen LogP contribution in [-0.4, -0.2) is 24.5 Å². The Morgan fingerprint density at radius 1 is 1.35 bits per heavy atom. The predicted molar refractivity (Wildman–Crippen MR) is 83.7 cm³/mol. The molecule has 0 aromatic carbocycles.